The van der Waals surface area contributed by atoms with Crippen molar-refractivity contribution in [3.05, 3.63) is 29.8 Å². The summed E-state index contributed by atoms with van der Waals surface area (Å²) >= 11 is 0. The van der Waals surface area contributed by atoms with E-state index in [0.717, 1.165) is 30.4 Å². The summed E-state index contributed by atoms with van der Waals surface area (Å²) < 4.78 is 23.5. The van der Waals surface area contributed by atoms with Gasteiger partial charge in [0.15, 0.2) is 21.5 Å². The van der Waals surface area contributed by atoms with Crippen molar-refractivity contribution in [1.29, 1.82) is 0 Å². The zero-order chi connectivity index (χ0) is 26.2. The first-order chi connectivity index (χ1) is 16.4. The quantitative estimate of drug-likeness (QED) is 0.146. The molecule has 35 heavy (non-hydrogen) atoms. The first-order valence-corrected chi connectivity index (χ1v) is 13.4. The minimum absolute atomic E-state index is 0.0274. The summed E-state index contributed by atoms with van der Waals surface area (Å²) in [5, 5.41) is 13.3. The SMILES string of the molecule is CC(=O)N(C(=O)C1CCCCC1)[C@](CCCN=C(N)N)(NCc1ccc(S(C)(=O)=O)cc1)C(=O)O. The van der Waals surface area contributed by atoms with Gasteiger partial charge in [0.05, 0.1) is 4.90 Å². The van der Waals surface area contributed by atoms with Crippen LogP contribution in [-0.2, 0) is 30.8 Å². The van der Waals surface area contributed by atoms with E-state index >= 15 is 0 Å². The first-order valence-electron chi connectivity index (χ1n) is 11.6. The minimum atomic E-state index is -3.39. The molecule has 1 aliphatic carbocycles. The molecule has 6 N–H and O–H groups in total. The number of nitrogens with two attached hydrogens (primary N) is 2. The van der Waals surface area contributed by atoms with Crippen molar-refractivity contribution in [3.8, 4) is 0 Å². The van der Waals surface area contributed by atoms with Gasteiger partial charge in [-0.15, -0.1) is 0 Å². The third-order valence-corrected chi connectivity index (χ3v) is 7.28. The molecule has 1 saturated carbocycles. The monoisotopic (exact) mass is 509 g/mol. The second-order valence-corrected chi connectivity index (χ2v) is 10.9. The zero-order valence-corrected chi connectivity index (χ0v) is 21.0. The molecule has 1 aliphatic rings. The second-order valence-electron chi connectivity index (χ2n) is 8.87. The molecule has 12 heteroatoms. The Balaban J connectivity index is 2.41. The highest BCUT2D eigenvalue weighted by Gasteiger charge is 2.49. The largest absolute Gasteiger partial charge is 0.478 e. The van der Waals surface area contributed by atoms with E-state index < -0.39 is 39.2 Å². The summed E-state index contributed by atoms with van der Waals surface area (Å²) in [4.78, 5) is 43.8. The van der Waals surface area contributed by atoms with Crippen LogP contribution >= 0.6 is 0 Å². The van der Waals surface area contributed by atoms with Crippen molar-refractivity contribution in [2.45, 2.75) is 69.0 Å². The third-order valence-electron chi connectivity index (χ3n) is 6.15. The summed E-state index contributed by atoms with van der Waals surface area (Å²) in [5.41, 5.74) is 9.29. The number of rotatable bonds is 11. The Labute approximate surface area is 205 Å². The number of guanidine groups is 1. The van der Waals surface area contributed by atoms with Crippen LogP contribution in [-0.4, -0.2) is 60.6 Å². The standard InChI is InChI=1S/C23H35N5O6S/c1-16(29)28(20(30)18-7-4-3-5-8-18)23(21(31)32,13-6-14-26-22(24)25)27-15-17-9-11-19(12-10-17)35(2,33)34/h9-12,18,27H,3-8,13-15H2,1-2H3,(H,31,32)(H4,24,25,26)/t23-/m0/s1. The van der Waals surface area contributed by atoms with Crippen molar-refractivity contribution in [2.24, 2.45) is 22.4 Å². The molecule has 2 amide bonds. The van der Waals surface area contributed by atoms with E-state index in [-0.39, 0.29) is 36.8 Å². The van der Waals surface area contributed by atoms with Gasteiger partial charge in [-0.1, -0.05) is 31.4 Å². The number of carbonyl (C=O) groups excluding carboxylic acids is 2. The van der Waals surface area contributed by atoms with Gasteiger partial charge in [-0.25, -0.2) is 13.2 Å². The Hall–Kier alpha value is -2.99. The number of hydrogen-bond donors (Lipinski definition) is 4. The Morgan fingerprint density at radius 3 is 2.23 bits per heavy atom. The molecule has 0 unspecified atom stereocenters. The fraction of sp³-hybridized carbons (Fsp3) is 0.565. The molecule has 1 fully saturated rings. The third kappa shape index (κ3) is 7.49. The molecule has 1 atom stereocenters. The molecule has 0 bridgehead atoms. The van der Waals surface area contributed by atoms with Gasteiger partial charge in [0, 0.05) is 32.2 Å². The summed E-state index contributed by atoms with van der Waals surface area (Å²) in [6, 6.07) is 5.94. The van der Waals surface area contributed by atoms with Crippen LogP contribution in [0.2, 0.25) is 0 Å². The lowest BCUT2D eigenvalue weighted by molar-refractivity contribution is -0.171. The highest BCUT2D eigenvalue weighted by molar-refractivity contribution is 7.90. The van der Waals surface area contributed by atoms with Gasteiger partial charge in [0.1, 0.15) is 0 Å². The lowest BCUT2D eigenvalue weighted by Gasteiger charge is -2.41. The molecular weight excluding hydrogens is 474 g/mol. The van der Waals surface area contributed by atoms with Gasteiger partial charge < -0.3 is 16.6 Å². The molecule has 1 aromatic carbocycles. The fourth-order valence-electron chi connectivity index (χ4n) is 4.35. The van der Waals surface area contributed by atoms with E-state index in [1.807, 2.05) is 0 Å². The van der Waals surface area contributed by atoms with E-state index in [2.05, 4.69) is 10.3 Å². The topological polar surface area (TPSA) is 185 Å². The lowest BCUT2D eigenvalue weighted by atomic mass is 9.87. The number of carboxylic acids is 1. The van der Waals surface area contributed by atoms with Crippen molar-refractivity contribution in [3.63, 3.8) is 0 Å². The van der Waals surface area contributed by atoms with E-state index in [1.165, 1.54) is 19.1 Å². The molecule has 194 valence electrons. The summed E-state index contributed by atoms with van der Waals surface area (Å²) in [6.07, 6.45) is 5.02. The van der Waals surface area contributed by atoms with Crippen LogP contribution in [0.1, 0.15) is 57.4 Å². The number of aliphatic carboxylic acids is 1. The normalized spacial score (nSPS) is 16.2. The highest BCUT2D eigenvalue weighted by atomic mass is 32.2. The number of nitrogens with zero attached hydrogens (tertiary/aromatic N) is 2. The molecule has 0 aromatic heterocycles. The number of carbonyl (C=O) groups is 3. The average Bonchev–Trinajstić information content (AvgIpc) is 2.79. The molecular formula is C23H35N5O6S. The van der Waals surface area contributed by atoms with Gasteiger partial charge in [0.25, 0.3) is 0 Å². The number of imide groups is 1. The maximum atomic E-state index is 13.5. The second kappa shape index (κ2) is 12.1. The Kier molecular flexibility index (Phi) is 9.78. The van der Waals surface area contributed by atoms with Crippen LogP contribution < -0.4 is 16.8 Å². The maximum absolute atomic E-state index is 13.5. The van der Waals surface area contributed by atoms with Crippen LogP contribution in [0.25, 0.3) is 0 Å². The Morgan fingerprint density at radius 2 is 1.74 bits per heavy atom. The maximum Gasteiger partial charge on any atom is 0.345 e. The lowest BCUT2D eigenvalue weighted by Crippen LogP contribution is -2.67. The van der Waals surface area contributed by atoms with E-state index in [4.69, 9.17) is 11.5 Å². The number of hydrogen-bond acceptors (Lipinski definition) is 7. The predicted octanol–water partition coefficient (Wildman–Crippen LogP) is 0.970. The number of amides is 2. The molecule has 0 saturated heterocycles. The Bertz CT molecular complexity index is 1050. The van der Waals surface area contributed by atoms with Crippen LogP contribution in [0, 0.1) is 5.92 Å². The van der Waals surface area contributed by atoms with E-state index in [1.54, 1.807) is 12.1 Å². The number of aliphatic imine (C=N–C) groups is 1. The highest BCUT2D eigenvalue weighted by Crippen LogP contribution is 2.30. The summed E-state index contributed by atoms with van der Waals surface area (Å²) in [7, 11) is -3.39. The van der Waals surface area contributed by atoms with Crippen molar-refractivity contribution in [2.75, 3.05) is 12.8 Å². The molecule has 0 aliphatic heterocycles. The number of sulfone groups is 1. The molecule has 2 rings (SSSR count). The van der Waals surface area contributed by atoms with Gasteiger partial charge in [-0.2, -0.15) is 0 Å². The molecule has 0 spiro atoms. The first kappa shape index (κ1) is 28.2. The van der Waals surface area contributed by atoms with Crippen LogP contribution in [0.15, 0.2) is 34.2 Å². The van der Waals surface area contributed by atoms with Crippen LogP contribution in [0.4, 0.5) is 0 Å². The molecule has 0 radical (unpaired) electrons. The van der Waals surface area contributed by atoms with Crippen molar-refractivity contribution >= 4 is 33.6 Å². The molecule has 1 aromatic rings. The number of carboxylic acid groups (broad SMARTS) is 1. The fourth-order valence-corrected chi connectivity index (χ4v) is 4.98. The van der Waals surface area contributed by atoms with Crippen LogP contribution in [0.3, 0.4) is 0 Å². The minimum Gasteiger partial charge on any atom is -0.478 e. The smallest absolute Gasteiger partial charge is 0.345 e. The Morgan fingerprint density at radius 1 is 1.14 bits per heavy atom. The number of nitrogens with one attached hydrogen (secondary N) is 1. The number of benzene rings is 1. The van der Waals surface area contributed by atoms with Gasteiger partial charge in [-0.05, 0) is 43.4 Å². The van der Waals surface area contributed by atoms with E-state index in [9.17, 15) is 27.9 Å². The average molecular weight is 510 g/mol. The molecule has 0 heterocycles. The summed E-state index contributed by atoms with van der Waals surface area (Å²) in [5.74, 6) is -3.15. The van der Waals surface area contributed by atoms with Crippen molar-refractivity contribution in [1.82, 2.24) is 10.2 Å². The zero-order valence-electron chi connectivity index (χ0n) is 20.2. The van der Waals surface area contributed by atoms with Crippen LogP contribution in [0.5, 0.6) is 0 Å². The van der Waals surface area contributed by atoms with Gasteiger partial charge in [-0.3, -0.25) is 24.8 Å². The predicted molar refractivity (Wildman–Crippen MR) is 131 cm³/mol. The van der Waals surface area contributed by atoms with Gasteiger partial charge in [0.2, 0.25) is 11.8 Å². The van der Waals surface area contributed by atoms with Crippen molar-refractivity contribution < 1.29 is 27.9 Å². The summed E-state index contributed by atoms with van der Waals surface area (Å²) in [6.45, 7) is 1.27. The molecule has 11 nitrogen and oxygen atoms in total. The van der Waals surface area contributed by atoms with Gasteiger partial charge >= 0.3 is 5.97 Å². The van der Waals surface area contributed by atoms with E-state index in [0.29, 0.717) is 18.4 Å².